The van der Waals surface area contributed by atoms with Gasteiger partial charge in [-0.15, -0.1) is 0 Å². The first-order valence-corrected chi connectivity index (χ1v) is 11.5. The van der Waals surface area contributed by atoms with Gasteiger partial charge in [0.05, 0.1) is 12.3 Å². The quantitative estimate of drug-likeness (QED) is 0.520. The van der Waals surface area contributed by atoms with Gasteiger partial charge < -0.3 is 19.2 Å². The number of oxazole rings is 1. The Hall–Kier alpha value is -3.23. The number of hydrogen-bond acceptors (Lipinski definition) is 5. The second-order valence-electron chi connectivity index (χ2n) is 8.25. The number of halogens is 2. The van der Waals surface area contributed by atoms with E-state index in [4.69, 9.17) is 9.15 Å². The van der Waals surface area contributed by atoms with Crippen molar-refractivity contribution in [2.75, 3.05) is 13.2 Å². The summed E-state index contributed by atoms with van der Waals surface area (Å²) in [4.78, 5) is 29.6. The first-order chi connectivity index (χ1) is 16.2. The maximum atomic E-state index is 14.0. The summed E-state index contributed by atoms with van der Waals surface area (Å²) in [6.45, 7) is 5.28. The van der Waals surface area contributed by atoms with E-state index in [1.807, 2.05) is 19.1 Å². The third-order valence-corrected chi connectivity index (χ3v) is 5.83. The molecular weight excluding hydrogens is 446 g/mol. The maximum absolute atomic E-state index is 14.0. The molecule has 7 nitrogen and oxygen atoms in total. The van der Waals surface area contributed by atoms with Crippen molar-refractivity contribution in [3.8, 4) is 5.75 Å². The summed E-state index contributed by atoms with van der Waals surface area (Å²) in [5, 5.41) is 9.76. The molecule has 2 heterocycles. The zero-order valence-electron chi connectivity index (χ0n) is 19.6. The molecule has 3 rings (SSSR count). The summed E-state index contributed by atoms with van der Waals surface area (Å²) in [5.74, 6) is -4.82. The van der Waals surface area contributed by atoms with Crippen LogP contribution < -0.4 is 4.74 Å². The van der Waals surface area contributed by atoms with Gasteiger partial charge >= 0.3 is 11.9 Å². The highest BCUT2D eigenvalue weighted by atomic mass is 19.3. The SMILES string of the molecule is CCCC=Cc1nc(CCOc2ccc3c(c2)C(C(=O)O)N(C(=O)C(F)(F)CC)CC3)c(C)o1. The number of carbonyl (C=O) groups excluding carboxylic acids is 1. The van der Waals surface area contributed by atoms with Gasteiger partial charge in [0, 0.05) is 19.4 Å². The van der Waals surface area contributed by atoms with Crippen molar-refractivity contribution in [3.05, 3.63) is 52.7 Å². The Morgan fingerprint density at radius 1 is 1.35 bits per heavy atom. The Morgan fingerprint density at radius 3 is 2.79 bits per heavy atom. The summed E-state index contributed by atoms with van der Waals surface area (Å²) >= 11 is 0. The second kappa shape index (κ2) is 10.8. The lowest BCUT2D eigenvalue weighted by atomic mass is 9.91. The molecule has 9 heteroatoms. The zero-order chi connectivity index (χ0) is 24.9. The fraction of sp³-hybridized carbons (Fsp3) is 0.480. The van der Waals surface area contributed by atoms with Crippen LogP contribution in [0.5, 0.6) is 5.75 Å². The number of aromatic nitrogens is 1. The number of rotatable bonds is 10. The molecule has 34 heavy (non-hydrogen) atoms. The molecule has 0 spiro atoms. The molecule has 0 bridgehead atoms. The van der Waals surface area contributed by atoms with E-state index >= 15 is 0 Å². The van der Waals surface area contributed by atoms with Crippen molar-refractivity contribution >= 4 is 18.0 Å². The number of hydrogen-bond donors (Lipinski definition) is 1. The predicted octanol–water partition coefficient (Wildman–Crippen LogP) is 4.97. The van der Waals surface area contributed by atoms with E-state index in [2.05, 4.69) is 11.9 Å². The van der Waals surface area contributed by atoms with Gasteiger partial charge in [0.1, 0.15) is 11.5 Å². The summed E-state index contributed by atoms with van der Waals surface area (Å²) in [5.41, 5.74) is 1.74. The lowest BCUT2D eigenvalue weighted by molar-refractivity contribution is -0.167. The van der Waals surface area contributed by atoms with Crippen molar-refractivity contribution in [1.29, 1.82) is 0 Å². The molecule has 0 radical (unpaired) electrons. The first-order valence-electron chi connectivity index (χ1n) is 11.5. The fourth-order valence-corrected chi connectivity index (χ4v) is 3.90. The number of unbranched alkanes of at least 4 members (excludes halogenated alkanes) is 1. The average Bonchev–Trinajstić information content (AvgIpc) is 3.16. The van der Waals surface area contributed by atoms with Gasteiger partial charge in [-0.2, -0.15) is 8.78 Å². The molecule has 0 saturated heterocycles. The van der Waals surface area contributed by atoms with Gasteiger partial charge in [-0.3, -0.25) is 4.79 Å². The number of benzene rings is 1. The topological polar surface area (TPSA) is 92.9 Å². The standard InChI is InChI=1S/C25H30F2N2O5/c1-4-6-7-8-21-28-20(16(3)34-21)12-14-33-18-10-9-17-11-13-29(24(32)25(26,27)5-2)22(23(30)31)19(17)15-18/h7-10,15,22H,4-6,11-14H2,1-3H3,(H,30,31). The molecule has 0 saturated carbocycles. The number of carboxylic acid groups (broad SMARTS) is 1. The van der Waals surface area contributed by atoms with Crippen LogP contribution in [0.15, 0.2) is 28.7 Å². The largest absolute Gasteiger partial charge is 0.493 e. The molecule has 1 amide bonds. The molecule has 1 aromatic heterocycles. The molecular formula is C25H30F2N2O5. The fourth-order valence-electron chi connectivity index (χ4n) is 3.90. The number of amides is 1. The second-order valence-corrected chi connectivity index (χ2v) is 8.25. The minimum absolute atomic E-state index is 0.0843. The first kappa shape index (κ1) is 25.4. The summed E-state index contributed by atoms with van der Waals surface area (Å²) < 4.78 is 39.5. The Bertz CT molecular complexity index is 1060. The van der Waals surface area contributed by atoms with E-state index in [9.17, 15) is 23.5 Å². The molecule has 0 fully saturated rings. The van der Waals surface area contributed by atoms with Gasteiger partial charge in [-0.05, 0) is 49.1 Å². The lowest BCUT2D eigenvalue weighted by Crippen LogP contribution is -2.50. The Balaban J connectivity index is 1.73. The number of carbonyl (C=O) groups is 2. The van der Waals surface area contributed by atoms with Crippen LogP contribution in [-0.4, -0.2) is 45.9 Å². The van der Waals surface area contributed by atoms with E-state index in [0.717, 1.165) is 23.4 Å². The maximum Gasteiger partial charge on any atom is 0.331 e. The van der Waals surface area contributed by atoms with Crippen LogP contribution >= 0.6 is 0 Å². The molecule has 1 unspecified atom stereocenters. The van der Waals surface area contributed by atoms with Gasteiger partial charge in [-0.1, -0.05) is 32.4 Å². The number of aliphatic carboxylic acids is 1. The monoisotopic (exact) mass is 476 g/mol. The van der Waals surface area contributed by atoms with Crippen LogP contribution in [0.3, 0.4) is 0 Å². The number of ether oxygens (including phenoxy) is 1. The van der Waals surface area contributed by atoms with E-state index < -0.39 is 30.3 Å². The van der Waals surface area contributed by atoms with Crippen molar-refractivity contribution in [3.63, 3.8) is 0 Å². The molecule has 1 aliphatic rings. The van der Waals surface area contributed by atoms with E-state index in [0.29, 0.717) is 29.4 Å². The van der Waals surface area contributed by atoms with Crippen molar-refractivity contribution in [1.82, 2.24) is 9.88 Å². The van der Waals surface area contributed by atoms with Crippen LogP contribution in [0.2, 0.25) is 0 Å². The number of nitrogens with zero attached hydrogens (tertiary/aromatic N) is 2. The number of aryl methyl sites for hydroxylation is 1. The summed E-state index contributed by atoms with van der Waals surface area (Å²) in [7, 11) is 0. The average molecular weight is 477 g/mol. The number of fused-ring (bicyclic) bond motifs is 1. The highest BCUT2D eigenvalue weighted by Crippen LogP contribution is 2.35. The van der Waals surface area contributed by atoms with Crippen molar-refractivity contribution in [2.45, 2.75) is 64.8 Å². The van der Waals surface area contributed by atoms with Crippen LogP contribution in [-0.2, 0) is 22.4 Å². The minimum atomic E-state index is -3.61. The third kappa shape index (κ3) is 5.63. The van der Waals surface area contributed by atoms with Crippen LogP contribution in [0.25, 0.3) is 6.08 Å². The van der Waals surface area contributed by atoms with E-state index in [1.54, 1.807) is 12.1 Å². The van der Waals surface area contributed by atoms with E-state index in [-0.39, 0.29) is 25.1 Å². The zero-order valence-corrected chi connectivity index (χ0v) is 19.6. The van der Waals surface area contributed by atoms with Gasteiger partial charge in [-0.25, -0.2) is 9.78 Å². The third-order valence-electron chi connectivity index (χ3n) is 5.83. The minimum Gasteiger partial charge on any atom is -0.493 e. The number of alkyl halides is 2. The van der Waals surface area contributed by atoms with Crippen LogP contribution in [0, 0.1) is 6.92 Å². The van der Waals surface area contributed by atoms with Crippen LogP contribution in [0.1, 0.15) is 67.6 Å². The highest BCUT2D eigenvalue weighted by molar-refractivity contribution is 5.89. The van der Waals surface area contributed by atoms with E-state index in [1.165, 1.54) is 13.0 Å². The summed E-state index contributed by atoms with van der Waals surface area (Å²) in [6, 6.07) is 3.46. The molecule has 2 aromatic rings. The molecule has 1 N–H and O–H groups in total. The van der Waals surface area contributed by atoms with Gasteiger partial charge in [0.15, 0.2) is 6.04 Å². The summed E-state index contributed by atoms with van der Waals surface area (Å²) in [6.07, 6.45) is 5.89. The Kier molecular flexibility index (Phi) is 8.06. The normalized spacial score (nSPS) is 16.0. The molecule has 184 valence electrons. The predicted molar refractivity (Wildman–Crippen MR) is 122 cm³/mol. The van der Waals surface area contributed by atoms with Crippen molar-refractivity contribution < 1.29 is 32.6 Å². The molecule has 1 aliphatic heterocycles. The smallest absolute Gasteiger partial charge is 0.331 e. The molecule has 1 atom stereocenters. The van der Waals surface area contributed by atoms with Crippen LogP contribution in [0.4, 0.5) is 8.78 Å². The molecule has 1 aromatic carbocycles. The Morgan fingerprint density at radius 2 is 2.12 bits per heavy atom. The van der Waals surface area contributed by atoms with Gasteiger partial charge in [0.2, 0.25) is 5.89 Å². The Labute approximate surface area is 197 Å². The van der Waals surface area contributed by atoms with Crippen molar-refractivity contribution in [2.24, 2.45) is 0 Å². The number of carboxylic acids is 1. The molecule has 0 aliphatic carbocycles. The number of allylic oxidation sites excluding steroid dienone is 1. The highest BCUT2D eigenvalue weighted by Gasteiger charge is 2.46. The lowest BCUT2D eigenvalue weighted by Gasteiger charge is -2.36. The van der Waals surface area contributed by atoms with Gasteiger partial charge in [0.25, 0.3) is 5.91 Å².